The van der Waals surface area contributed by atoms with E-state index in [1.54, 1.807) is 6.07 Å². The van der Waals surface area contributed by atoms with E-state index in [9.17, 15) is 4.39 Å². The zero-order valence-electron chi connectivity index (χ0n) is 17.8. The van der Waals surface area contributed by atoms with Gasteiger partial charge in [-0.15, -0.1) is 0 Å². The molecule has 1 heterocycles. The second-order valence-electron chi connectivity index (χ2n) is 6.97. The molecule has 30 heavy (non-hydrogen) atoms. The topological polar surface area (TPSA) is 58.1 Å². The van der Waals surface area contributed by atoms with Crippen molar-refractivity contribution >= 4 is 11.6 Å². The summed E-state index contributed by atoms with van der Waals surface area (Å²) in [5.74, 6) is 1.33. The molecular formula is C23H31FN4O2. The molecule has 1 aliphatic heterocycles. The summed E-state index contributed by atoms with van der Waals surface area (Å²) in [4.78, 5) is 6.63. The molecule has 0 aromatic heterocycles. The van der Waals surface area contributed by atoms with Crippen molar-refractivity contribution < 1.29 is 13.9 Å². The molecule has 0 radical (unpaired) electrons. The van der Waals surface area contributed by atoms with Gasteiger partial charge in [0, 0.05) is 31.7 Å². The highest BCUT2D eigenvalue weighted by Crippen LogP contribution is 2.22. The quantitative estimate of drug-likeness (QED) is 0.513. The molecule has 0 bridgehead atoms. The Morgan fingerprint density at radius 3 is 2.67 bits per heavy atom. The monoisotopic (exact) mass is 414 g/mol. The number of rotatable bonds is 8. The number of hydrogen-bond donors (Lipinski definition) is 2. The van der Waals surface area contributed by atoms with Crippen LogP contribution in [0, 0.1) is 5.82 Å². The molecule has 2 aromatic carbocycles. The molecule has 6 nitrogen and oxygen atoms in total. The minimum Gasteiger partial charge on any atom is -0.494 e. The van der Waals surface area contributed by atoms with E-state index in [0.29, 0.717) is 57.6 Å². The summed E-state index contributed by atoms with van der Waals surface area (Å²) < 4.78 is 25.6. The van der Waals surface area contributed by atoms with Crippen LogP contribution < -0.4 is 20.3 Å². The summed E-state index contributed by atoms with van der Waals surface area (Å²) >= 11 is 0. The minimum absolute atomic E-state index is 0.215. The summed E-state index contributed by atoms with van der Waals surface area (Å²) in [5.41, 5.74) is 2.52. The Bertz CT molecular complexity index is 838. The van der Waals surface area contributed by atoms with Gasteiger partial charge in [-0.3, -0.25) is 0 Å². The second-order valence-corrected chi connectivity index (χ2v) is 6.97. The van der Waals surface area contributed by atoms with Crippen LogP contribution in [0.25, 0.3) is 0 Å². The van der Waals surface area contributed by atoms with Gasteiger partial charge in [-0.05, 0) is 37.6 Å². The lowest BCUT2D eigenvalue weighted by Gasteiger charge is -2.29. The highest BCUT2D eigenvalue weighted by atomic mass is 19.1. The van der Waals surface area contributed by atoms with Crippen LogP contribution in [0.15, 0.2) is 47.5 Å². The Balaban J connectivity index is 1.63. The predicted octanol–water partition coefficient (Wildman–Crippen LogP) is 3.32. The van der Waals surface area contributed by atoms with Gasteiger partial charge in [0.1, 0.15) is 11.6 Å². The summed E-state index contributed by atoms with van der Waals surface area (Å²) in [6.45, 7) is 9.03. The fourth-order valence-corrected chi connectivity index (χ4v) is 3.35. The van der Waals surface area contributed by atoms with E-state index < -0.39 is 0 Å². The molecule has 2 aromatic rings. The Kier molecular flexibility index (Phi) is 8.32. The molecular weight excluding hydrogens is 383 g/mol. The first-order valence-electron chi connectivity index (χ1n) is 10.5. The number of aliphatic imine (C=N–C) groups is 1. The van der Waals surface area contributed by atoms with Crippen LogP contribution in [0.1, 0.15) is 25.0 Å². The number of guanidine groups is 1. The van der Waals surface area contributed by atoms with Gasteiger partial charge in [0.2, 0.25) is 0 Å². The maximum absolute atomic E-state index is 14.6. The maximum atomic E-state index is 14.6. The first-order chi connectivity index (χ1) is 14.7. The van der Waals surface area contributed by atoms with Crippen LogP contribution in [-0.4, -0.2) is 45.4 Å². The Hall–Kier alpha value is -2.80. The number of morpholine rings is 1. The SMILES string of the molecule is CCNC(=NCc1ccc(N2CCOCC2)c(F)c1)NCc1ccccc1OCC. The molecule has 1 fully saturated rings. The Morgan fingerprint density at radius 2 is 1.93 bits per heavy atom. The summed E-state index contributed by atoms with van der Waals surface area (Å²) in [6.07, 6.45) is 0. The molecule has 1 saturated heterocycles. The van der Waals surface area contributed by atoms with Crippen LogP contribution in [0.3, 0.4) is 0 Å². The van der Waals surface area contributed by atoms with Crippen molar-refractivity contribution in [1.82, 2.24) is 10.6 Å². The molecule has 0 aliphatic carbocycles. The van der Waals surface area contributed by atoms with Gasteiger partial charge in [0.25, 0.3) is 0 Å². The molecule has 1 aliphatic rings. The fourth-order valence-electron chi connectivity index (χ4n) is 3.35. The van der Waals surface area contributed by atoms with Crippen molar-refractivity contribution in [3.63, 3.8) is 0 Å². The normalized spacial score (nSPS) is 14.5. The van der Waals surface area contributed by atoms with E-state index in [4.69, 9.17) is 9.47 Å². The smallest absolute Gasteiger partial charge is 0.191 e. The third-order valence-electron chi connectivity index (χ3n) is 4.85. The molecule has 7 heteroatoms. The van der Waals surface area contributed by atoms with Gasteiger partial charge in [-0.25, -0.2) is 9.38 Å². The third kappa shape index (κ3) is 6.10. The van der Waals surface area contributed by atoms with Crippen LogP contribution >= 0.6 is 0 Å². The molecule has 162 valence electrons. The summed E-state index contributed by atoms with van der Waals surface area (Å²) in [7, 11) is 0. The largest absolute Gasteiger partial charge is 0.494 e. The average Bonchev–Trinajstić information content (AvgIpc) is 2.77. The van der Waals surface area contributed by atoms with Crippen LogP contribution in [0.4, 0.5) is 10.1 Å². The number of nitrogens with one attached hydrogen (secondary N) is 2. The standard InChI is InChI=1S/C23H31FN4O2/c1-3-25-23(27-17-19-7-5-6-8-22(19)30-4-2)26-16-18-9-10-21(20(24)15-18)28-11-13-29-14-12-28/h5-10,15H,3-4,11-14,16-17H2,1-2H3,(H2,25,26,27). The lowest BCUT2D eigenvalue weighted by molar-refractivity contribution is 0.122. The zero-order valence-corrected chi connectivity index (χ0v) is 17.8. The number of ether oxygens (including phenoxy) is 2. The summed E-state index contributed by atoms with van der Waals surface area (Å²) in [5, 5.41) is 6.56. The van der Waals surface area contributed by atoms with Crippen molar-refractivity contribution in [2.45, 2.75) is 26.9 Å². The molecule has 3 rings (SSSR count). The number of anilines is 1. The maximum Gasteiger partial charge on any atom is 0.191 e. The number of benzene rings is 2. The second kappa shape index (κ2) is 11.4. The first-order valence-corrected chi connectivity index (χ1v) is 10.5. The zero-order chi connectivity index (χ0) is 21.2. The van der Waals surface area contributed by atoms with Crippen LogP contribution in [0.5, 0.6) is 5.75 Å². The van der Waals surface area contributed by atoms with Crippen molar-refractivity contribution in [1.29, 1.82) is 0 Å². The lowest BCUT2D eigenvalue weighted by Crippen LogP contribution is -2.37. The van der Waals surface area contributed by atoms with Crippen molar-refractivity contribution in [2.24, 2.45) is 4.99 Å². The van der Waals surface area contributed by atoms with Crippen molar-refractivity contribution in [2.75, 3.05) is 44.4 Å². The molecule has 0 atom stereocenters. The predicted molar refractivity (Wildman–Crippen MR) is 119 cm³/mol. The molecule has 2 N–H and O–H groups in total. The van der Waals surface area contributed by atoms with E-state index in [0.717, 1.165) is 23.4 Å². The van der Waals surface area contributed by atoms with Crippen LogP contribution in [0.2, 0.25) is 0 Å². The summed E-state index contributed by atoms with van der Waals surface area (Å²) in [6, 6.07) is 13.3. The minimum atomic E-state index is -0.215. The van der Waals surface area contributed by atoms with Gasteiger partial charge in [0.05, 0.1) is 32.1 Å². The van der Waals surface area contributed by atoms with E-state index in [-0.39, 0.29) is 5.82 Å². The number of halogens is 1. The lowest BCUT2D eigenvalue weighted by atomic mass is 10.1. The number of nitrogens with zero attached hydrogens (tertiary/aromatic N) is 2. The number of para-hydroxylation sites is 1. The molecule has 0 amide bonds. The van der Waals surface area contributed by atoms with Gasteiger partial charge in [0.15, 0.2) is 5.96 Å². The van der Waals surface area contributed by atoms with Gasteiger partial charge < -0.3 is 25.0 Å². The molecule has 0 spiro atoms. The molecule has 0 unspecified atom stereocenters. The van der Waals surface area contributed by atoms with E-state index >= 15 is 0 Å². The van der Waals surface area contributed by atoms with Crippen LogP contribution in [-0.2, 0) is 17.8 Å². The molecule has 0 saturated carbocycles. The van der Waals surface area contributed by atoms with E-state index in [1.165, 1.54) is 0 Å². The fraction of sp³-hybridized carbons (Fsp3) is 0.435. The Morgan fingerprint density at radius 1 is 1.13 bits per heavy atom. The van der Waals surface area contributed by atoms with Crippen molar-refractivity contribution in [3.05, 3.63) is 59.4 Å². The van der Waals surface area contributed by atoms with E-state index in [1.807, 2.05) is 55.1 Å². The Labute approximate surface area is 178 Å². The van der Waals surface area contributed by atoms with Gasteiger partial charge >= 0.3 is 0 Å². The number of hydrogen-bond acceptors (Lipinski definition) is 4. The third-order valence-corrected chi connectivity index (χ3v) is 4.85. The van der Waals surface area contributed by atoms with Gasteiger partial charge in [-0.2, -0.15) is 0 Å². The first kappa shape index (κ1) is 21.9. The van der Waals surface area contributed by atoms with E-state index in [2.05, 4.69) is 15.6 Å². The highest BCUT2D eigenvalue weighted by molar-refractivity contribution is 5.79. The van der Waals surface area contributed by atoms with Crippen molar-refractivity contribution in [3.8, 4) is 5.75 Å². The average molecular weight is 415 g/mol. The van der Waals surface area contributed by atoms with Gasteiger partial charge in [-0.1, -0.05) is 24.3 Å². The highest BCUT2D eigenvalue weighted by Gasteiger charge is 2.15.